The SMILES string of the molecule is CCCNc1cc(NC2CCN3CCCCC23)ncn1. The van der Waals surface area contributed by atoms with Gasteiger partial charge in [-0.1, -0.05) is 13.3 Å². The van der Waals surface area contributed by atoms with E-state index in [1.807, 2.05) is 6.07 Å². The first-order valence-corrected chi connectivity index (χ1v) is 7.93. The predicted octanol–water partition coefficient (Wildman–Crippen LogP) is 2.34. The van der Waals surface area contributed by atoms with Gasteiger partial charge in [0.05, 0.1) is 0 Å². The summed E-state index contributed by atoms with van der Waals surface area (Å²) in [4.78, 5) is 11.3. The van der Waals surface area contributed by atoms with E-state index in [1.165, 1.54) is 38.8 Å². The predicted molar refractivity (Wildman–Crippen MR) is 82.1 cm³/mol. The van der Waals surface area contributed by atoms with Gasteiger partial charge < -0.3 is 10.6 Å². The van der Waals surface area contributed by atoms with Crippen molar-refractivity contribution in [2.45, 2.75) is 51.1 Å². The van der Waals surface area contributed by atoms with Crippen molar-refractivity contribution < 1.29 is 0 Å². The standard InChI is InChI=1S/C15H25N5/c1-2-7-16-14-10-15(18-11-17-14)19-12-6-9-20-8-4-3-5-13(12)20/h10-13H,2-9H2,1H3,(H2,16,17,18,19). The fraction of sp³-hybridized carbons (Fsp3) is 0.733. The van der Waals surface area contributed by atoms with E-state index >= 15 is 0 Å². The van der Waals surface area contributed by atoms with Crippen LogP contribution < -0.4 is 10.6 Å². The number of rotatable bonds is 5. The molecule has 0 spiro atoms. The molecule has 110 valence electrons. The molecule has 1 aromatic rings. The molecule has 5 heteroatoms. The fourth-order valence-corrected chi connectivity index (χ4v) is 3.39. The zero-order chi connectivity index (χ0) is 13.8. The summed E-state index contributed by atoms with van der Waals surface area (Å²) < 4.78 is 0. The van der Waals surface area contributed by atoms with Gasteiger partial charge in [0, 0.05) is 31.2 Å². The van der Waals surface area contributed by atoms with Gasteiger partial charge in [-0.15, -0.1) is 0 Å². The smallest absolute Gasteiger partial charge is 0.131 e. The fourth-order valence-electron chi connectivity index (χ4n) is 3.39. The molecular formula is C15H25N5. The number of hydrogen-bond donors (Lipinski definition) is 2. The monoisotopic (exact) mass is 275 g/mol. The molecule has 0 saturated carbocycles. The van der Waals surface area contributed by atoms with Gasteiger partial charge in [0.15, 0.2) is 0 Å². The van der Waals surface area contributed by atoms with Gasteiger partial charge in [0.1, 0.15) is 18.0 Å². The van der Waals surface area contributed by atoms with Crippen LogP contribution in [-0.4, -0.2) is 46.6 Å². The highest BCUT2D eigenvalue weighted by molar-refractivity contribution is 5.47. The van der Waals surface area contributed by atoms with Gasteiger partial charge in [-0.25, -0.2) is 9.97 Å². The minimum Gasteiger partial charge on any atom is -0.370 e. The zero-order valence-electron chi connectivity index (χ0n) is 12.3. The van der Waals surface area contributed by atoms with Crippen LogP contribution >= 0.6 is 0 Å². The molecule has 0 amide bonds. The number of piperidine rings is 1. The van der Waals surface area contributed by atoms with Crippen LogP contribution in [0.3, 0.4) is 0 Å². The van der Waals surface area contributed by atoms with Crippen molar-refractivity contribution >= 4 is 11.6 Å². The van der Waals surface area contributed by atoms with Gasteiger partial charge in [-0.3, -0.25) is 4.90 Å². The maximum absolute atomic E-state index is 4.37. The Morgan fingerprint density at radius 1 is 1.20 bits per heavy atom. The summed E-state index contributed by atoms with van der Waals surface area (Å²) in [5, 5.41) is 6.94. The van der Waals surface area contributed by atoms with Crippen LogP contribution in [0.15, 0.2) is 12.4 Å². The van der Waals surface area contributed by atoms with Gasteiger partial charge in [-0.2, -0.15) is 0 Å². The van der Waals surface area contributed by atoms with Crippen molar-refractivity contribution in [3.63, 3.8) is 0 Å². The molecule has 2 fully saturated rings. The Hall–Kier alpha value is -1.36. The second-order valence-electron chi connectivity index (χ2n) is 5.85. The minimum absolute atomic E-state index is 0.546. The van der Waals surface area contributed by atoms with E-state index in [2.05, 4.69) is 32.4 Å². The number of nitrogens with one attached hydrogen (secondary N) is 2. The Morgan fingerprint density at radius 2 is 2.10 bits per heavy atom. The number of fused-ring (bicyclic) bond motifs is 1. The van der Waals surface area contributed by atoms with Crippen molar-refractivity contribution in [3.05, 3.63) is 12.4 Å². The Bertz CT molecular complexity index is 436. The Morgan fingerprint density at radius 3 is 3.00 bits per heavy atom. The molecule has 0 radical (unpaired) electrons. The third-order valence-electron chi connectivity index (χ3n) is 4.41. The van der Waals surface area contributed by atoms with Crippen molar-refractivity contribution in [2.75, 3.05) is 30.3 Å². The summed E-state index contributed by atoms with van der Waals surface area (Å²) in [6.07, 6.45) is 8.03. The lowest BCUT2D eigenvalue weighted by Crippen LogP contribution is -2.41. The third kappa shape index (κ3) is 3.03. The van der Waals surface area contributed by atoms with Crippen molar-refractivity contribution in [3.8, 4) is 0 Å². The van der Waals surface area contributed by atoms with Crippen LogP contribution in [-0.2, 0) is 0 Å². The summed E-state index contributed by atoms with van der Waals surface area (Å²) in [6, 6.07) is 3.27. The van der Waals surface area contributed by atoms with Crippen molar-refractivity contribution in [1.82, 2.24) is 14.9 Å². The summed E-state index contributed by atoms with van der Waals surface area (Å²) >= 11 is 0. The number of anilines is 2. The topological polar surface area (TPSA) is 53.1 Å². The van der Waals surface area contributed by atoms with Gasteiger partial charge in [0.2, 0.25) is 0 Å². The molecule has 2 atom stereocenters. The molecule has 0 aliphatic carbocycles. The summed E-state index contributed by atoms with van der Waals surface area (Å²) in [5.74, 6) is 1.87. The third-order valence-corrected chi connectivity index (χ3v) is 4.41. The highest BCUT2D eigenvalue weighted by Gasteiger charge is 2.35. The van der Waals surface area contributed by atoms with Crippen LogP contribution in [0.5, 0.6) is 0 Å². The highest BCUT2D eigenvalue weighted by atomic mass is 15.2. The van der Waals surface area contributed by atoms with E-state index in [4.69, 9.17) is 0 Å². The lowest BCUT2D eigenvalue weighted by molar-refractivity contribution is 0.192. The summed E-state index contributed by atoms with van der Waals surface area (Å²) in [6.45, 7) is 5.62. The average Bonchev–Trinajstić information content (AvgIpc) is 2.89. The van der Waals surface area contributed by atoms with Gasteiger partial charge >= 0.3 is 0 Å². The molecule has 20 heavy (non-hydrogen) atoms. The van der Waals surface area contributed by atoms with E-state index in [-0.39, 0.29) is 0 Å². The van der Waals surface area contributed by atoms with Gasteiger partial charge in [0.25, 0.3) is 0 Å². The number of hydrogen-bond acceptors (Lipinski definition) is 5. The van der Waals surface area contributed by atoms with Crippen LogP contribution in [0.25, 0.3) is 0 Å². The van der Waals surface area contributed by atoms with E-state index in [9.17, 15) is 0 Å². The molecular weight excluding hydrogens is 250 g/mol. The molecule has 5 nitrogen and oxygen atoms in total. The van der Waals surface area contributed by atoms with E-state index in [0.717, 1.165) is 24.6 Å². The first-order valence-electron chi connectivity index (χ1n) is 7.93. The Kier molecular flexibility index (Phi) is 4.35. The molecule has 2 N–H and O–H groups in total. The van der Waals surface area contributed by atoms with E-state index in [1.54, 1.807) is 6.33 Å². The largest absolute Gasteiger partial charge is 0.370 e. The minimum atomic E-state index is 0.546. The molecule has 2 unspecified atom stereocenters. The Labute approximate surface area is 121 Å². The molecule has 1 aromatic heterocycles. The molecule has 2 saturated heterocycles. The van der Waals surface area contributed by atoms with Gasteiger partial charge in [-0.05, 0) is 32.2 Å². The molecule has 0 aromatic carbocycles. The number of aromatic nitrogens is 2. The van der Waals surface area contributed by atoms with Crippen LogP contribution in [0, 0.1) is 0 Å². The molecule has 2 aliphatic heterocycles. The van der Waals surface area contributed by atoms with Crippen molar-refractivity contribution in [1.29, 1.82) is 0 Å². The van der Waals surface area contributed by atoms with E-state index in [0.29, 0.717) is 12.1 Å². The first kappa shape index (κ1) is 13.6. The highest BCUT2D eigenvalue weighted by Crippen LogP contribution is 2.29. The second-order valence-corrected chi connectivity index (χ2v) is 5.85. The van der Waals surface area contributed by atoms with Crippen LogP contribution in [0.2, 0.25) is 0 Å². The summed E-state index contributed by atoms with van der Waals surface area (Å²) in [7, 11) is 0. The maximum Gasteiger partial charge on any atom is 0.131 e. The quantitative estimate of drug-likeness (QED) is 0.864. The molecule has 3 rings (SSSR count). The summed E-state index contributed by atoms with van der Waals surface area (Å²) in [5.41, 5.74) is 0. The lowest BCUT2D eigenvalue weighted by Gasteiger charge is -2.32. The van der Waals surface area contributed by atoms with E-state index < -0.39 is 0 Å². The Balaban J connectivity index is 1.62. The van der Waals surface area contributed by atoms with Crippen LogP contribution in [0.4, 0.5) is 11.6 Å². The van der Waals surface area contributed by atoms with Crippen molar-refractivity contribution in [2.24, 2.45) is 0 Å². The molecule has 0 bridgehead atoms. The molecule has 2 aliphatic rings. The average molecular weight is 275 g/mol. The van der Waals surface area contributed by atoms with Crippen LogP contribution in [0.1, 0.15) is 39.0 Å². The lowest BCUT2D eigenvalue weighted by atomic mass is 9.99. The second kappa shape index (κ2) is 6.39. The normalized spacial score (nSPS) is 26.2. The molecule has 3 heterocycles. The number of nitrogens with zero attached hydrogens (tertiary/aromatic N) is 3. The zero-order valence-corrected chi connectivity index (χ0v) is 12.3. The first-order chi connectivity index (χ1) is 9.86. The maximum atomic E-state index is 4.37.